The molecule has 3 rings (SSSR count). The molecule has 1 heterocycles. The predicted molar refractivity (Wildman–Crippen MR) is 74.5 cm³/mol. The molecule has 1 aliphatic heterocycles. The van der Waals surface area contributed by atoms with Crippen LogP contribution in [0.2, 0.25) is 0 Å². The summed E-state index contributed by atoms with van der Waals surface area (Å²) in [5, 5.41) is 0. The maximum absolute atomic E-state index is 12.5. The van der Waals surface area contributed by atoms with E-state index in [1.165, 1.54) is 20.6 Å². The highest BCUT2D eigenvalue weighted by Crippen LogP contribution is 2.63. The van der Waals surface area contributed by atoms with Crippen molar-refractivity contribution in [2.24, 2.45) is 0 Å². The SMILES string of the molecule is COP(=O)(OC)C1OC(=O)c2ccc(OC3CCC3)cc21. The summed E-state index contributed by atoms with van der Waals surface area (Å²) in [6.07, 6.45) is 3.45. The molecule has 7 heteroatoms. The van der Waals surface area contributed by atoms with Gasteiger partial charge >= 0.3 is 13.6 Å². The molecule has 1 saturated carbocycles. The van der Waals surface area contributed by atoms with Crippen molar-refractivity contribution in [3.63, 3.8) is 0 Å². The molecule has 0 saturated heterocycles. The van der Waals surface area contributed by atoms with Gasteiger partial charge in [0, 0.05) is 19.8 Å². The van der Waals surface area contributed by atoms with E-state index in [-0.39, 0.29) is 6.10 Å². The van der Waals surface area contributed by atoms with Crippen LogP contribution in [0.15, 0.2) is 18.2 Å². The van der Waals surface area contributed by atoms with Gasteiger partial charge in [-0.05, 0) is 37.5 Å². The summed E-state index contributed by atoms with van der Waals surface area (Å²) in [4.78, 5) is 11.9. The first-order valence-corrected chi connectivity index (χ1v) is 8.41. The fourth-order valence-electron chi connectivity index (χ4n) is 2.41. The minimum Gasteiger partial charge on any atom is -0.490 e. The molecule has 2 aliphatic rings. The van der Waals surface area contributed by atoms with E-state index in [0.29, 0.717) is 16.9 Å². The molecule has 0 aromatic heterocycles. The molecule has 114 valence electrons. The van der Waals surface area contributed by atoms with Crippen LogP contribution in [0.5, 0.6) is 5.75 Å². The molecule has 6 nitrogen and oxygen atoms in total. The third kappa shape index (κ3) is 2.48. The number of ether oxygens (including phenoxy) is 2. The van der Waals surface area contributed by atoms with Crippen LogP contribution in [-0.4, -0.2) is 26.3 Å². The Hall–Kier alpha value is -1.36. The summed E-state index contributed by atoms with van der Waals surface area (Å²) in [6.45, 7) is 0. The molecule has 1 aliphatic carbocycles. The van der Waals surface area contributed by atoms with Crippen LogP contribution in [0.25, 0.3) is 0 Å². The number of carbonyl (C=O) groups is 1. The molecule has 0 spiro atoms. The van der Waals surface area contributed by atoms with E-state index in [1.807, 2.05) is 0 Å². The van der Waals surface area contributed by atoms with Gasteiger partial charge in [-0.2, -0.15) is 0 Å². The summed E-state index contributed by atoms with van der Waals surface area (Å²) >= 11 is 0. The van der Waals surface area contributed by atoms with Crippen molar-refractivity contribution >= 4 is 13.6 Å². The second-order valence-electron chi connectivity index (χ2n) is 5.08. The topological polar surface area (TPSA) is 71.1 Å². The van der Waals surface area contributed by atoms with E-state index in [9.17, 15) is 9.36 Å². The number of fused-ring (bicyclic) bond motifs is 1. The number of benzene rings is 1. The highest BCUT2D eigenvalue weighted by atomic mass is 31.2. The van der Waals surface area contributed by atoms with Gasteiger partial charge in [0.2, 0.25) is 5.85 Å². The van der Waals surface area contributed by atoms with Crippen molar-refractivity contribution in [3.05, 3.63) is 29.3 Å². The van der Waals surface area contributed by atoms with Crippen molar-refractivity contribution < 1.29 is 27.9 Å². The number of cyclic esters (lactones) is 1. The summed E-state index contributed by atoms with van der Waals surface area (Å²) in [5.74, 6) is -0.931. The third-order valence-corrected chi connectivity index (χ3v) is 5.85. The zero-order chi connectivity index (χ0) is 15.0. The lowest BCUT2D eigenvalue weighted by Gasteiger charge is -2.26. The first-order chi connectivity index (χ1) is 10.1. The summed E-state index contributed by atoms with van der Waals surface area (Å²) < 4.78 is 33.4. The van der Waals surface area contributed by atoms with Crippen LogP contribution >= 0.6 is 7.60 Å². The fourth-order valence-corrected chi connectivity index (χ4v) is 3.73. The standard InChI is InChI=1S/C14H17O6P/c1-17-21(16,18-2)14-12-8-10(19-9-4-3-5-9)6-7-11(12)13(15)20-14/h6-9,14H,3-5H2,1-2H3. The Morgan fingerprint density at radius 1 is 1.24 bits per heavy atom. The first kappa shape index (κ1) is 14.6. The van der Waals surface area contributed by atoms with E-state index in [1.54, 1.807) is 18.2 Å². The Morgan fingerprint density at radius 3 is 2.52 bits per heavy atom. The molecule has 0 radical (unpaired) electrons. The molecular weight excluding hydrogens is 295 g/mol. The number of rotatable bonds is 5. The van der Waals surface area contributed by atoms with Gasteiger partial charge in [0.05, 0.1) is 11.7 Å². The Morgan fingerprint density at radius 2 is 1.95 bits per heavy atom. The van der Waals surface area contributed by atoms with Gasteiger partial charge in [-0.15, -0.1) is 0 Å². The summed E-state index contributed by atoms with van der Waals surface area (Å²) in [5.41, 5.74) is 0.860. The van der Waals surface area contributed by atoms with Gasteiger partial charge in [-0.25, -0.2) is 4.79 Å². The maximum Gasteiger partial charge on any atom is 0.375 e. The smallest absolute Gasteiger partial charge is 0.375 e. The number of carbonyl (C=O) groups excluding carboxylic acids is 1. The zero-order valence-corrected chi connectivity index (χ0v) is 12.8. The lowest BCUT2D eigenvalue weighted by atomic mass is 9.96. The van der Waals surface area contributed by atoms with Crippen molar-refractivity contribution in [2.75, 3.05) is 14.2 Å². The second kappa shape index (κ2) is 5.44. The van der Waals surface area contributed by atoms with E-state index < -0.39 is 19.4 Å². The van der Waals surface area contributed by atoms with Gasteiger partial charge in [0.15, 0.2) is 0 Å². The number of hydrogen-bond donors (Lipinski definition) is 0. The Labute approximate surface area is 122 Å². The molecular formula is C14H17O6P. The quantitative estimate of drug-likeness (QED) is 0.614. The van der Waals surface area contributed by atoms with E-state index >= 15 is 0 Å². The summed E-state index contributed by atoms with van der Waals surface area (Å²) in [6, 6.07) is 5.04. The molecule has 1 atom stereocenters. The van der Waals surface area contributed by atoms with Gasteiger partial charge in [0.25, 0.3) is 0 Å². The Kier molecular flexibility index (Phi) is 3.78. The van der Waals surface area contributed by atoms with Crippen LogP contribution in [0.1, 0.15) is 41.0 Å². The van der Waals surface area contributed by atoms with Crippen molar-refractivity contribution in [3.8, 4) is 5.75 Å². The van der Waals surface area contributed by atoms with Gasteiger partial charge in [-0.1, -0.05) is 0 Å². The van der Waals surface area contributed by atoms with Crippen LogP contribution < -0.4 is 4.74 Å². The highest BCUT2D eigenvalue weighted by Gasteiger charge is 2.46. The van der Waals surface area contributed by atoms with Crippen molar-refractivity contribution in [1.29, 1.82) is 0 Å². The molecule has 21 heavy (non-hydrogen) atoms. The van der Waals surface area contributed by atoms with Crippen molar-refractivity contribution in [2.45, 2.75) is 31.2 Å². The Balaban J connectivity index is 1.93. The largest absolute Gasteiger partial charge is 0.490 e. The molecule has 0 amide bonds. The van der Waals surface area contributed by atoms with Gasteiger partial charge in [0.1, 0.15) is 5.75 Å². The van der Waals surface area contributed by atoms with Gasteiger partial charge in [-0.3, -0.25) is 4.57 Å². The van der Waals surface area contributed by atoms with Crippen LogP contribution in [-0.2, 0) is 18.3 Å². The van der Waals surface area contributed by atoms with Gasteiger partial charge < -0.3 is 18.5 Å². The summed E-state index contributed by atoms with van der Waals surface area (Å²) in [7, 11) is -1.01. The number of hydrogen-bond acceptors (Lipinski definition) is 6. The zero-order valence-electron chi connectivity index (χ0n) is 11.9. The average Bonchev–Trinajstić information content (AvgIpc) is 2.79. The number of esters is 1. The van der Waals surface area contributed by atoms with E-state index in [2.05, 4.69) is 0 Å². The fraction of sp³-hybridized carbons (Fsp3) is 0.500. The molecule has 1 aromatic rings. The van der Waals surface area contributed by atoms with Crippen LogP contribution in [0.4, 0.5) is 0 Å². The predicted octanol–water partition coefficient (Wildman–Crippen LogP) is 3.27. The van der Waals surface area contributed by atoms with Crippen LogP contribution in [0, 0.1) is 0 Å². The molecule has 1 fully saturated rings. The maximum atomic E-state index is 12.5. The molecule has 0 bridgehead atoms. The minimum absolute atomic E-state index is 0.219. The third-order valence-electron chi connectivity index (χ3n) is 3.88. The van der Waals surface area contributed by atoms with E-state index in [4.69, 9.17) is 18.5 Å². The normalized spacial score (nSPS) is 21.6. The monoisotopic (exact) mass is 312 g/mol. The molecule has 1 aromatic carbocycles. The lowest BCUT2D eigenvalue weighted by molar-refractivity contribution is 0.0456. The molecule has 1 unspecified atom stereocenters. The molecule has 0 N–H and O–H groups in total. The lowest BCUT2D eigenvalue weighted by Crippen LogP contribution is -2.24. The Bertz CT molecular complexity index is 601. The van der Waals surface area contributed by atoms with Crippen molar-refractivity contribution in [1.82, 2.24) is 0 Å². The highest BCUT2D eigenvalue weighted by molar-refractivity contribution is 7.54. The first-order valence-electron chi connectivity index (χ1n) is 6.80. The second-order valence-corrected chi connectivity index (χ2v) is 7.36. The average molecular weight is 312 g/mol. The van der Waals surface area contributed by atoms with Crippen LogP contribution in [0.3, 0.4) is 0 Å². The minimum atomic E-state index is -3.54. The van der Waals surface area contributed by atoms with E-state index in [0.717, 1.165) is 12.8 Å².